The number of hydrogen-bond donors (Lipinski definition) is 2. The van der Waals surface area contributed by atoms with Gasteiger partial charge in [-0.25, -0.2) is 0 Å². The van der Waals surface area contributed by atoms with Crippen molar-refractivity contribution in [3.05, 3.63) is 12.2 Å². The summed E-state index contributed by atoms with van der Waals surface area (Å²) >= 11 is 1.78. The molecule has 0 radical (unpaired) electrons. The molecular weight excluding hydrogens is 184 g/mol. The van der Waals surface area contributed by atoms with Crippen LogP contribution in [0, 0.1) is 0 Å². The molecule has 2 N–H and O–H groups in total. The van der Waals surface area contributed by atoms with Crippen molar-refractivity contribution >= 4 is 17.7 Å². The van der Waals surface area contributed by atoms with E-state index in [4.69, 9.17) is 0 Å². The molecule has 0 saturated carbocycles. The lowest BCUT2D eigenvalue weighted by Crippen LogP contribution is -2.45. The Bertz CT molecular complexity index is 216. The second kappa shape index (κ2) is 4.15. The van der Waals surface area contributed by atoms with E-state index in [9.17, 15) is 4.79 Å². The maximum Gasteiger partial charge on any atom is 0.238 e. The van der Waals surface area contributed by atoms with Crippen LogP contribution in [0.25, 0.3) is 0 Å². The highest BCUT2D eigenvalue weighted by Crippen LogP contribution is 2.12. The Labute approximate surface area is 82.3 Å². The van der Waals surface area contributed by atoms with Crippen molar-refractivity contribution in [3.8, 4) is 0 Å². The van der Waals surface area contributed by atoms with Crippen molar-refractivity contribution in [2.24, 2.45) is 0 Å². The molecule has 0 aromatic heterocycles. The van der Waals surface area contributed by atoms with E-state index < -0.39 is 0 Å². The molecule has 0 spiro atoms. The highest BCUT2D eigenvalue weighted by atomic mass is 32.2. The first-order valence-electron chi connectivity index (χ1n) is 4.63. The molecule has 1 unspecified atom stereocenters. The molecule has 72 valence electrons. The van der Waals surface area contributed by atoms with E-state index >= 15 is 0 Å². The average Bonchev–Trinajstić information content (AvgIpc) is 2.74. The van der Waals surface area contributed by atoms with Crippen LogP contribution in [-0.4, -0.2) is 29.6 Å². The summed E-state index contributed by atoms with van der Waals surface area (Å²) in [6.45, 7) is 0. The van der Waals surface area contributed by atoms with Gasteiger partial charge >= 0.3 is 0 Å². The van der Waals surface area contributed by atoms with Crippen LogP contribution in [0.4, 0.5) is 0 Å². The Morgan fingerprint density at radius 2 is 2.23 bits per heavy atom. The average molecular weight is 198 g/mol. The fourth-order valence-corrected chi connectivity index (χ4v) is 2.54. The predicted octanol–water partition coefficient (Wildman–Crippen LogP) is 0.484. The minimum atomic E-state index is 0.0330. The lowest BCUT2D eigenvalue weighted by molar-refractivity contribution is -0.123. The highest BCUT2D eigenvalue weighted by molar-refractivity contribution is 7.99. The molecule has 0 aromatic rings. The zero-order valence-electron chi connectivity index (χ0n) is 7.45. The molecule has 1 aliphatic carbocycles. The standard InChI is InChI=1S/C9H14N2OS/c12-9(8-5-13-6-10-8)11-7-3-1-2-4-7/h1-2,7-8,10H,3-6H2,(H,11,12). The molecule has 1 saturated heterocycles. The van der Waals surface area contributed by atoms with E-state index in [-0.39, 0.29) is 11.9 Å². The normalized spacial score (nSPS) is 28.2. The maximum atomic E-state index is 11.6. The fourth-order valence-electron chi connectivity index (χ4n) is 1.60. The first kappa shape index (κ1) is 9.09. The van der Waals surface area contributed by atoms with Gasteiger partial charge in [-0.3, -0.25) is 10.1 Å². The van der Waals surface area contributed by atoms with Crippen molar-refractivity contribution in [1.82, 2.24) is 10.6 Å². The minimum absolute atomic E-state index is 0.0330. The zero-order chi connectivity index (χ0) is 9.10. The zero-order valence-corrected chi connectivity index (χ0v) is 8.27. The fraction of sp³-hybridized carbons (Fsp3) is 0.667. The van der Waals surface area contributed by atoms with E-state index in [1.165, 1.54) is 0 Å². The quantitative estimate of drug-likeness (QED) is 0.634. The molecule has 2 aliphatic rings. The first-order chi connectivity index (χ1) is 6.36. The molecule has 3 nitrogen and oxygen atoms in total. The van der Waals surface area contributed by atoms with Gasteiger partial charge in [0.1, 0.15) is 0 Å². The molecule has 1 amide bonds. The van der Waals surface area contributed by atoms with Crippen LogP contribution in [0.5, 0.6) is 0 Å². The third-order valence-corrected chi connectivity index (χ3v) is 3.33. The Kier molecular flexibility index (Phi) is 2.90. The monoisotopic (exact) mass is 198 g/mol. The molecule has 0 bridgehead atoms. The molecule has 0 aromatic carbocycles. The van der Waals surface area contributed by atoms with Crippen LogP contribution in [0.1, 0.15) is 12.8 Å². The van der Waals surface area contributed by atoms with Gasteiger partial charge in [-0.05, 0) is 12.8 Å². The van der Waals surface area contributed by atoms with Crippen LogP contribution >= 0.6 is 11.8 Å². The number of amides is 1. The molecular formula is C9H14N2OS. The summed E-state index contributed by atoms with van der Waals surface area (Å²) in [5.41, 5.74) is 0. The lowest BCUT2D eigenvalue weighted by Gasteiger charge is -2.15. The topological polar surface area (TPSA) is 41.1 Å². The third-order valence-electron chi connectivity index (χ3n) is 2.39. The molecule has 1 fully saturated rings. The van der Waals surface area contributed by atoms with Gasteiger partial charge < -0.3 is 5.32 Å². The van der Waals surface area contributed by atoms with Gasteiger partial charge in [-0.15, -0.1) is 11.8 Å². The maximum absolute atomic E-state index is 11.6. The molecule has 1 heterocycles. The van der Waals surface area contributed by atoms with E-state index in [1.807, 2.05) is 0 Å². The Morgan fingerprint density at radius 3 is 2.85 bits per heavy atom. The Morgan fingerprint density at radius 1 is 1.46 bits per heavy atom. The van der Waals surface area contributed by atoms with Crippen molar-refractivity contribution in [2.75, 3.05) is 11.6 Å². The molecule has 13 heavy (non-hydrogen) atoms. The molecule has 1 atom stereocenters. The number of hydrogen-bond acceptors (Lipinski definition) is 3. The summed E-state index contributed by atoms with van der Waals surface area (Å²) in [6.07, 6.45) is 6.24. The van der Waals surface area contributed by atoms with Gasteiger partial charge in [0.25, 0.3) is 0 Å². The van der Waals surface area contributed by atoms with Crippen molar-refractivity contribution < 1.29 is 4.79 Å². The van der Waals surface area contributed by atoms with E-state index in [2.05, 4.69) is 22.8 Å². The lowest BCUT2D eigenvalue weighted by atomic mass is 10.2. The number of thioether (sulfide) groups is 1. The molecule has 4 heteroatoms. The summed E-state index contributed by atoms with van der Waals surface area (Å²) in [4.78, 5) is 11.6. The second-order valence-electron chi connectivity index (χ2n) is 3.42. The smallest absolute Gasteiger partial charge is 0.238 e. The van der Waals surface area contributed by atoms with Gasteiger partial charge in [0.05, 0.1) is 6.04 Å². The van der Waals surface area contributed by atoms with Crippen molar-refractivity contribution in [1.29, 1.82) is 0 Å². The molecule has 2 rings (SSSR count). The van der Waals surface area contributed by atoms with Crippen LogP contribution in [0.15, 0.2) is 12.2 Å². The van der Waals surface area contributed by atoms with Crippen LogP contribution in [0.2, 0.25) is 0 Å². The third kappa shape index (κ3) is 2.25. The van der Waals surface area contributed by atoms with Crippen LogP contribution in [-0.2, 0) is 4.79 Å². The summed E-state index contributed by atoms with van der Waals surface area (Å²) in [5.74, 6) is 1.98. The van der Waals surface area contributed by atoms with Gasteiger partial charge in [0.2, 0.25) is 5.91 Å². The summed E-state index contributed by atoms with van der Waals surface area (Å²) in [5, 5.41) is 6.20. The number of nitrogens with one attached hydrogen (secondary N) is 2. The van der Waals surface area contributed by atoms with Gasteiger partial charge in [-0.1, -0.05) is 12.2 Å². The first-order valence-corrected chi connectivity index (χ1v) is 5.78. The van der Waals surface area contributed by atoms with Gasteiger partial charge in [0.15, 0.2) is 0 Å². The van der Waals surface area contributed by atoms with Crippen LogP contribution in [0.3, 0.4) is 0 Å². The van der Waals surface area contributed by atoms with E-state index in [1.54, 1.807) is 11.8 Å². The van der Waals surface area contributed by atoms with Crippen molar-refractivity contribution in [2.45, 2.75) is 24.9 Å². The number of rotatable bonds is 2. The number of carbonyl (C=O) groups excluding carboxylic acids is 1. The Balaban J connectivity index is 1.77. The van der Waals surface area contributed by atoms with Gasteiger partial charge in [-0.2, -0.15) is 0 Å². The largest absolute Gasteiger partial charge is 0.351 e. The minimum Gasteiger partial charge on any atom is -0.351 e. The van der Waals surface area contributed by atoms with Gasteiger partial charge in [0, 0.05) is 17.7 Å². The number of carbonyl (C=O) groups is 1. The SMILES string of the molecule is O=C(NC1CC=CC1)C1CSCN1. The summed E-state index contributed by atoms with van der Waals surface area (Å²) in [7, 11) is 0. The predicted molar refractivity (Wildman–Crippen MR) is 54.6 cm³/mol. The second-order valence-corrected chi connectivity index (χ2v) is 4.45. The van der Waals surface area contributed by atoms with Crippen LogP contribution < -0.4 is 10.6 Å². The van der Waals surface area contributed by atoms with E-state index in [0.29, 0.717) is 6.04 Å². The molecule has 1 aliphatic heterocycles. The summed E-state index contributed by atoms with van der Waals surface area (Å²) < 4.78 is 0. The Hall–Kier alpha value is -0.480. The van der Waals surface area contributed by atoms with Crippen molar-refractivity contribution in [3.63, 3.8) is 0 Å². The highest BCUT2D eigenvalue weighted by Gasteiger charge is 2.24. The summed E-state index contributed by atoms with van der Waals surface area (Å²) in [6, 6.07) is 0.380. The van der Waals surface area contributed by atoms with E-state index in [0.717, 1.165) is 24.5 Å².